The summed E-state index contributed by atoms with van der Waals surface area (Å²) in [7, 11) is 0. The van der Waals surface area contributed by atoms with Gasteiger partial charge in [0.25, 0.3) is 5.91 Å². The first-order chi connectivity index (χ1) is 14.3. The maximum absolute atomic E-state index is 14.1. The Kier molecular flexibility index (Phi) is 5.82. The number of nitrogens with one attached hydrogen (secondary N) is 2. The Hall–Kier alpha value is -2.41. The highest BCUT2D eigenvalue weighted by atomic mass is 19.1. The van der Waals surface area contributed by atoms with Gasteiger partial charge in [0.1, 0.15) is 11.5 Å². The molecule has 7 heteroatoms. The van der Waals surface area contributed by atoms with Crippen molar-refractivity contribution >= 4 is 22.7 Å². The van der Waals surface area contributed by atoms with Crippen LogP contribution in [0.4, 0.5) is 4.39 Å². The standard InChI is InChI=1S/C23H31FN4O2/c1-14-7-8-20(24)19-12-21(26-22(14)19)23(30)25-17-5-4-6-18(11-17)27-9-10-28(16(3)29)15(2)13-27/h7-8,12,15,17-18,26H,4-6,9-11,13H2,1-3H3,(H,25,30). The predicted molar refractivity (Wildman–Crippen MR) is 115 cm³/mol. The zero-order valence-corrected chi connectivity index (χ0v) is 18.0. The van der Waals surface area contributed by atoms with E-state index < -0.39 is 0 Å². The molecule has 30 heavy (non-hydrogen) atoms. The molecule has 1 aliphatic carbocycles. The van der Waals surface area contributed by atoms with E-state index >= 15 is 0 Å². The van der Waals surface area contributed by atoms with Gasteiger partial charge < -0.3 is 15.2 Å². The summed E-state index contributed by atoms with van der Waals surface area (Å²) in [6, 6.07) is 5.50. The molecule has 2 fully saturated rings. The maximum Gasteiger partial charge on any atom is 0.267 e. The number of amides is 2. The van der Waals surface area contributed by atoms with Gasteiger partial charge in [-0.3, -0.25) is 14.5 Å². The number of nitrogens with zero attached hydrogens (tertiary/aromatic N) is 2. The lowest BCUT2D eigenvalue weighted by atomic mass is 9.89. The molecule has 162 valence electrons. The molecule has 3 atom stereocenters. The van der Waals surface area contributed by atoms with Gasteiger partial charge in [-0.1, -0.05) is 6.07 Å². The van der Waals surface area contributed by atoms with Crippen molar-refractivity contribution in [2.24, 2.45) is 0 Å². The van der Waals surface area contributed by atoms with E-state index in [1.165, 1.54) is 6.07 Å². The number of halogens is 1. The Morgan fingerprint density at radius 1 is 1.23 bits per heavy atom. The van der Waals surface area contributed by atoms with Crippen LogP contribution >= 0.6 is 0 Å². The van der Waals surface area contributed by atoms with Gasteiger partial charge in [0.15, 0.2) is 0 Å². The molecular formula is C23H31FN4O2. The third-order valence-corrected chi connectivity index (χ3v) is 6.76. The smallest absolute Gasteiger partial charge is 0.267 e. The molecule has 4 rings (SSSR count). The minimum atomic E-state index is -0.317. The largest absolute Gasteiger partial charge is 0.350 e. The Morgan fingerprint density at radius 2 is 2.03 bits per heavy atom. The number of piperazine rings is 1. The van der Waals surface area contributed by atoms with E-state index in [4.69, 9.17) is 0 Å². The first-order valence-electron chi connectivity index (χ1n) is 10.9. The van der Waals surface area contributed by atoms with Crippen molar-refractivity contribution in [2.45, 2.75) is 64.6 Å². The van der Waals surface area contributed by atoms with Gasteiger partial charge in [0.05, 0.1) is 5.52 Å². The van der Waals surface area contributed by atoms with Gasteiger partial charge in [0, 0.05) is 50.1 Å². The summed E-state index contributed by atoms with van der Waals surface area (Å²) in [6.45, 7) is 8.17. The topological polar surface area (TPSA) is 68.4 Å². The van der Waals surface area contributed by atoms with Gasteiger partial charge in [-0.15, -0.1) is 0 Å². The van der Waals surface area contributed by atoms with E-state index in [-0.39, 0.29) is 29.7 Å². The van der Waals surface area contributed by atoms with Crippen molar-refractivity contribution in [3.63, 3.8) is 0 Å². The second-order valence-electron chi connectivity index (χ2n) is 8.88. The quantitative estimate of drug-likeness (QED) is 0.810. The summed E-state index contributed by atoms with van der Waals surface area (Å²) in [5.41, 5.74) is 2.00. The van der Waals surface area contributed by atoms with Crippen molar-refractivity contribution in [1.29, 1.82) is 0 Å². The lowest BCUT2D eigenvalue weighted by molar-refractivity contribution is -0.133. The van der Waals surface area contributed by atoms with Gasteiger partial charge >= 0.3 is 0 Å². The van der Waals surface area contributed by atoms with Crippen LogP contribution in [0.1, 0.15) is 55.6 Å². The average Bonchev–Trinajstić information content (AvgIpc) is 3.18. The van der Waals surface area contributed by atoms with E-state index in [1.54, 1.807) is 19.1 Å². The first kappa shape index (κ1) is 20.8. The van der Waals surface area contributed by atoms with E-state index in [1.807, 2.05) is 11.8 Å². The Labute approximate surface area is 176 Å². The van der Waals surface area contributed by atoms with Gasteiger partial charge in [-0.2, -0.15) is 0 Å². The number of benzene rings is 1. The van der Waals surface area contributed by atoms with Crippen LogP contribution in [0.2, 0.25) is 0 Å². The molecule has 1 saturated carbocycles. The summed E-state index contributed by atoms with van der Waals surface area (Å²) in [5.74, 6) is -0.353. The molecule has 1 aromatic heterocycles. The molecular weight excluding hydrogens is 383 g/mol. The lowest BCUT2D eigenvalue weighted by Gasteiger charge is -2.45. The molecule has 2 aliphatic rings. The van der Waals surface area contributed by atoms with E-state index in [0.717, 1.165) is 50.9 Å². The molecule has 1 saturated heterocycles. The SMILES string of the molecule is CC(=O)N1CCN(C2CCCC(NC(=O)c3cc4c(F)ccc(C)c4[nH]3)C2)CC1C. The Bertz CT molecular complexity index is 917. The number of hydrogen-bond donors (Lipinski definition) is 2. The fourth-order valence-corrected chi connectivity index (χ4v) is 5.12. The molecule has 2 heterocycles. The number of aryl methyl sites for hydroxylation is 1. The number of carbonyl (C=O) groups is 2. The van der Waals surface area contributed by atoms with Crippen molar-refractivity contribution in [1.82, 2.24) is 20.1 Å². The zero-order chi connectivity index (χ0) is 21.4. The average molecular weight is 415 g/mol. The number of aromatic nitrogens is 1. The van der Waals surface area contributed by atoms with Crippen LogP contribution < -0.4 is 5.32 Å². The second kappa shape index (κ2) is 8.38. The fraction of sp³-hybridized carbons (Fsp3) is 0.565. The minimum absolute atomic E-state index is 0.106. The summed E-state index contributed by atoms with van der Waals surface area (Å²) in [4.78, 5) is 32.1. The summed E-state index contributed by atoms with van der Waals surface area (Å²) in [5, 5.41) is 3.62. The van der Waals surface area contributed by atoms with Crippen molar-refractivity contribution in [3.05, 3.63) is 35.3 Å². The molecule has 2 N–H and O–H groups in total. The molecule has 2 aromatic rings. The molecule has 1 aliphatic heterocycles. The second-order valence-corrected chi connectivity index (χ2v) is 8.88. The number of H-pyrrole nitrogens is 1. The highest BCUT2D eigenvalue weighted by Gasteiger charge is 2.33. The summed E-state index contributed by atoms with van der Waals surface area (Å²) < 4.78 is 14.1. The van der Waals surface area contributed by atoms with Gasteiger partial charge in [-0.25, -0.2) is 4.39 Å². The lowest BCUT2D eigenvalue weighted by Crippen LogP contribution is -2.57. The van der Waals surface area contributed by atoms with Crippen molar-refractivity contribution in [2.75, 3.05) is 19.6 Å². The monoisotopic (exact) mass is 414 g/mol. The molecule has 0 radical (unpaired) electrons. The van der Waals surface area contributed by atoms with Crippen LogP contribution in [0.25, 0.3) is 10.9 Å². The van der Waals surface area contributed by atoms with Crippen LogP contribution in [-0.4, -0.2) is 64.4 Å². The number of carbonyl (C=O) groups excluding carboxylic acids is 2. The first-order valence-corrected chi connectivity index (χ1v) is 10.9. The molecule has 2 amide bonds. The molecule has 0 bridgehead atoms. The normalized spacial score (nSPS) is 25.5. The highest BCUT2D eigenvalue weighted by Crippen LogP contribution is 2.27. The Balaban J connectivity index is 1.40. The van der Waals surface area contributed by atoms with Crippen LogP contribution in [0, 0.1) is 12.7 Å². The zero-order valence-electron chi connectivity index (χ0n) is 18.0. The van der Waals surface area contributed by atoms with Crippen LogP contribution in [-0.2, 0) is 4.79 Å². The van der Waals surface area contributed by atoms with Crippen molar-refractivity contribution < 1.29 is 14.0 Å². The molecule has 6 nitrogen and oxygen atoms in total. The third kappa shape index (κ3) is 4.08. The Morgan fingerprint density at radius 3 is 2.73 bits per heavy atom. The minimum Gasteiger partial charge on any atom is -0.350 e. The van der Waals surface area contributed by atoms with Gasteiger partial charge in [0.2, 0.25) is 5.91 Å². The summed E-state index contributed by atoms with van der Waals surface area (Å²) in [6.07, 6.45) is 4.05. The van der Waals surface area contributed by atoms with Crippen LogP contribution in [0.3, 0.4) is 0 Å². The molecule has 1 aromatic carbocycles. The summed E-state index contributed by atoms with van der Waals surface area (Å²) >= 11 is 0. The van der Waals surface area contributed by atoms with Crippen LogP contribution in [0.5, 0.6) is 0 Å². The number of aromatic amines is 1. The van der Waals surface area contributed by atoms with Crippen molar-refractivity contribution in [3.8, 4) is 0 Å². The number of fused-ring (bicyclic) bond motifs is 1. The maximum atomic E-state index is 14.1. The highest BCUT2D eigenvalue weighted by molar-refractivity contribution is 5.99. The van der Waals surface area contributed by atoms with E-state index in [0.29, 0.717) is 22.6 Å². The molecule has 0 spiro atoms. The van der Waals surface area contributed by atoms with E-state index in [2.05, 4.69) is 22.1 Å². The predicted octanol–water partition coefficient (Wildman–Crippen LogP) is 3.21. The fourth-order valence-electron chi connectivity index (χ4n) is 5.12. The van der Waals surface area contributed by atoms with E-state index in [9.17, 15) is 14.0 Å². The third-order valence-electron chi connectivity index (χ3n) is 6.76. The van der Waals surface area contributed by atoms with Crippen LogP contribution in [0.15, 0.2) is 18.2 Å². The number of rotatable bonds is 3. The molecule has 3 unspecified atom stereocenters. The number of hydrogen-bond acceptors (Lipinski definition) is 3. The van der Waals surface area contributed by atoms with Gasteiger partial charge in [-0.05, 0) is 57.2 Å².